The number of amides is 2. The standard InChI is InChI=1S/C23H19Cl2NO7S/c1-2-32-21(29)12-34-19-10-20(28)26(22(19)30)15-6-3-13(4-7-15)23(31)33-11-18(27)14-5-8-16(24)17(25)9-14/h3-9,19H,2,10-12H2,1H3. The van der Waals surface area contributed by atoms with E-state index in [4.69, 9.17) is 32.7 Å². The van der Waals surface area contributed by atoms with E-state index in [2.05, 4.69) is 0 Å². The van der Waals surface area contributed by atoms with Gasteiger partial charge in [0, 0.05) is 12.0 Å². The van der Waals surface area contributed by atoms with E-state index in [1.807, 2.05) is 0 Å². The molecule has 1 aliphatic heterocycles. The van der Waals surface area contributed by atoms with Crippen LogP contribution < -0.4 is 4.90 Å². The van der Waals surface area contributed by atoms with Gasteiger partial charge in [-0.2, -0.15) is 0 Å². The normalized spacial score (nSPS) is 15.4. The molecule has 178 valence electrons. The van der Waals surface area contributed by atoms with Gasteiger partial charge >= 0.3 is 11.9 Å². The van der Waals surface area contributed by atoms with E-state index in [0.29, 0.717) is 5.02 Å². The molecule has 0 aromatic heterocycles. The summed E-state index contributed by atoms with van der Waals surface area (Å²) < 4.78 is 9.89. The first-order valence-corrected chi connectivity index (χ1v) is 11.9. The van der Waals surface area contributed by atoms with E-state index < -0.39 is 41.4 Å². The highest BCUT2D eigenvalue weighted by Crippen LogP contribution is 2.30. The molecule has 1 fully saturated rings. The van der Waals surface area contributed by atoms with Crippen molar-refractivity contribution in [1.29, 1.82) is 0 Å². The van der Waals surface area contributed by atoms with Gasteiger partial charge in [-0.25, -0.2) is 9.69 Å². The van der Waals surface area contributed by atoms with Crippen LogP contribution in [0.25, 0.3) is 0 Å². The lowest BCUT2D eigenvalue weighted by atomic mass is 10.1. The summed E-state index contributed by atoms with van der Waals surface area (Å²) in [5.41, 5.74) is 0.676. The number of esters is 2. The third kappa shape index (κ3) is 6.16. The van der Waals surface area contributed by atoms with Crippen LogP contribution in [0, 0.1) is 0 Å². The van der Waals surface area contributed by atoms with E-state index in [1.165, 1.54) is 42.5 Å². The van der Waals surface area contributed by atoms with Crippen molar-refractivity contribution >= 4 is 70.2 Å². The molecule has 3 rings (SSSR count). The summed E-state index contributed by atoms with van der Waals surface area (Å²) >= 11 is 12.8. The summed E-state index contributed by atoms with van der Waals surface area (Å²) in [5.74, 6) is -2.54. The molecule has 2 aromatic carbocycles. The van der Waals surface area contributed by atoms with Crippen molar-refractivity contribution in [1.82, 2.24) is 0 Å². The van der Waals surface area contributed by atoms with Crippen molar-refractivity contribution in [3.8, 4) is 0 Å². The Hall–Kier alpha value is -2.88. The van der Waals surface area contributed by atoms with Gasteiger partial charge in [0.2, 0.25) is 11.8 Å². The molecule has 11 heteroatoms. The van der Waals surface area contributed by atoms with Crippen LogP contribution >= 0.6 is 35.0 Å². The number of Topliss-reactive ketones (excluding diaryl/α,β-unsaturated/α-hetero) is 1. The number of ether oxygens (including phenoxy) is 2. The molecule has 2 amide bonds. The van der Waals surface area contributed by atoms with Gasteiger partial charge in [0.1, 0.15) is 0 Å². The third-order valence-corrected chi connectivity index (χ3v) is 6.66. The number of benzene rings is 2. The minimum Gasteiger partial charge on any atom is -0.465 e. The van der Waals surface area contributed by atoms with Gasteiger partial charge in [0.25, 0.3) is 0 Å². The van der Waals surface area contributed by atoms with Crippen molar-refractivity contribution in [3.05, 3.63) is 63.6 Å². The Labute approximate surface area is 209 Å². The molecule has 2 aromatic rings. The van der Waals surface area contributed by atoms with Gasteiger partial charge in [0.15, 0.2) is 12.4 Å². The lowest BCUT2D eigenvalue weighted by Gasteiger charge is -2.15. The Morgan fingerprint density at radius 1 is 1.00 bits per heavy atom. The number of rotatable bonds is 9. The average Bonchev–Trinajstić information content (AvgIpc) is 3.10. The van der Waals surface area contributed by atoms with Crippen molar-refractivity contribution < 1.29 is 33.4 Å². The number of ketones is 1. The molecule has 0 spiro atoms. The monoisotopic (exact) mass is 523 g/mol. The maximum Gasteiger partial charge on any atom is 0.338 e. The highest BCUT2D eigenvalue weighted by Gasteiger charge is 2.40. The van der Waals surface area contributed by atoms with E-state index in [-0.39, 0.29) is 40.6 Å². The topological polar surface area (TPSA) is 107 Å². The zero-order valence-corrected chi connectivity index (χ0v) is 20.2. The van der Waals surface area contributed by atoms with Crippen LogP contribution in [0.3, 0.4) is 0 Å². The molecular formula is C23H19Cl2NO7S. The maximum atomic E-state index is 12.6. The van der Waals surface area contributed by atoms with Crippen molar-refractivity contribution in [2.45, 2.75) is 18.6 Å². The highest BCUT2D eigenvalue weighted by molar-refractivity contribution is 8.01. The molecule has 8 nitrogen and oxygen atoms in total. The molecule has 1 aliphatic rings. The van der Waals surface area contributed by atoms with E-state index in [1.54, 1.807) is 6.92 Å². The number of anilines is 1. The third-order valence-electron chi connectivity index (χ3n) is 4.75. The molecule has 1 atom stereocenters. The summed E-state index contributed by atoms with van der Waals surface area (Å²) in [7, 11) is 0. The SMILES string of the molecule is CCOC(=O)CSC1CC(=O)N(c2ccc(C(=O)OCC(=O)c3ccc(Cl)c(Cl)c3)cc2)C1=O. The van der Waals surface area contributed by atoms with Gasteiger partial charge in [-0.05, 0) is 49.4 Å². The summed E-state index contributed by atoms with van der Waals surface area (Å²) in [6.07, 6.45) is -0.0382. The molecule has 1 unspecified atom stereocenters. The van der Waals surface area contributed by atoms with Crippen LogP contribution in [0.4, 0.5) is 5.69 Å². The molecule has 0 N–H and O–H groups in total. The van der Waals surface area contributed by atoms with Crippen LogP contribution in [0.1, 0.15) is 34.1 Å². The zero-order chi connectivity index (χ0) is 24.8. The molecular weight excluding hydrogens is 505 g/mol. The van der Waals surface area contributed by atoms with Gasteiger partial charge in [-0.3, -0.25) is 19.2 Å². The largest absolute Gasteiger partial charge is 0.465 e. The number of thioether (sulfide) groups is 1. The molecule has 1 saturated heterocycles. The van der Waals surface area contributed by atoms with Crippen LogP contribution in [0.15, 0.2) is 42.5 Å². The second-order valence-corrected chi connectivity index (χ2v) is 9.06. The van der Waals surface area contributed by atoms with Crippen LogP contribution in [-0.2, 0) is 23.9 Å². The van der Waals surface area contributed by atoms with Crippen molar-refractivity contribution in [3.63, 3.8) is 0 Å². The molecule has 0 saturated carbocycles. The minimum atomic E-state index is -0.748. The van der Waals surface area contributed by atoms with Crippen molar-refractivity contribution in [2.75, 3.05) is 23.9 Å². The second-order valence-electron chi connectivity index (χ2n) is 7.05. The minimum absolute atomic E-state index is 0.0307. The van der Waals surface area contributed by atoms with Gasteiger partial charge in [0.05, 0.1) is 38.9 Å². The van der Waals surface area contributed by atoms with Gasteiger partial charge in [-0.15, -0.1) is 11.8 Å². The molecule has 34 heavy (non-hydrogen) atoms. The lowest BCUT2D eigenvalue weighted by Crippen LogP contribution is -2.31. The van der Waals surface area contributed by atoms with Gasteiger partial charge in [-0.1, -0.05) is 23.2 Å². The molecule has 0 bridgehead atoms. The Bertz CT molecular complexity index is 1140. The Kier molecular flexibility index (Phi) is 8.71. The molecule has 0 aliphatic carbocycles. The Balaban J connectivity index is 1.58. The van der Waals surface area contributed by atoms with Crippen LogP contribution in [0.5, 0.6) is 0 Å². The molecule has 0 radical (unpaired) electrons. The number of nitrogens with zero attached hydrogens (tertiary/aromatic N) is 1. The van der Waals surface area contributed by atoms with Crippen LogP contribution in [-0.4, -0.2) is 53.8 Å². The lowest BCUT2D eigenvalue weighted by molar-refractivity contribution is -0.139. The summed E-state index contributed by atoms with van der Waals surface area (Å²) in [4.78, 5) is 62.1. The number of imide groups is 1. The van der Waals surface area contributed by atoms with Crippen molar-refractivity contribution in [2.24, 2.45) is 0 Å². The fourth-order valence-electron chi connectivity index (χ4n) is 3.09. The quantitative estimate of drug-likeness (QED) is 0.276. The van der Waals surface area contributed by atoms with E-state index in [9.17, 15) is 24.0 Å². The first kappa shape index (κ1) is 25.7. The zero-order valence-electron chi connectivity index (χ0n) is 17.9. The number of halogens is 2. The second kappa shape index (κ2) is 11.5. The Morgan fingerprint density at radius 3 is 2.32 bits per heavy atom. The fourth-order valence-corrected chi connectivity index (χ4v) is 4.32. The first-order chi connectivity index (χ1) is 16.2. The molecule has 1 heterocycles. The maximum absolute atomic E-state index is 12.6. The predicted molar refractivity (Wildman–Crippen MR) is 128 cm³/mol. The summed E-state index contributed by atoms with van der Waals surface area (Å²) in [6, 6.07) is 9.98. The first-order valence-electron chi connectivity index (χ1n) is 10.1. The van der Waals surface area contributed by atoms with E-state index >= 15 is 0 Å². The van der Waals surface area contributed by atoms with E-state index in [0.717, 1.165) is 16.7 Å². The van der Waals surface area contributed by atoms with Crippen LogP contribution in [0.2, 0.25) is 10.0 Å². The predicted octanol–water partition coefficient (Wildman–Crippen LogP) is 3.96. The Morgan fingerprint density at radius 2 is 1.68 bits per heavy atom. The number of carbonyl (C=O) groups is 5. The highest BCUT2D eigenvalue weighted by atomic mass is 35.5. The average molecular weight is 524 g/mol. The number of carbonyl (C=O) groups excluding carboxylic acids is 5. The summed E-state index contributed by atoms with van der Waals surface area (Å²) in [5, 5.41) is -0.176. The smallest absolute Gasteiger partial charge is 0.338 e. The number of hydrogen-bond acceptors (Lipinski definition) is 8. The summed E-state index contributed by atoms with van der Waals surface area (Å²) in [6.45, 7) is 1.42. The van der Waals surface area contributed by atoms with Gasteiger partial charge < -0.3 is 9.47 Å². The fraction of sp³-hybridized carbons (Fsp3) is 0.261. The number of hydrogen-bond donors (Lipinski definition) is 0.